The van der Waals surface area contributed by atoms with E-state index in [-0.39, 0.29) is 143 Å². The van der Waals surface area contributed by atoms with Gasteiger partial charge in [0.15, 0.2) is 23.1 Å². The average molecular weight is 1600 g/mol. The van der Waals surface area contributed by atoms with Gasteiger partial charge in [0, 0.05) is 138 Å². The van der Waals surface area contributed by atoms with Gasteiger partial charge in [-0.05, 0) is 127 Å². The van der Waals surface area contributed by atoms with Crippen LogP contribution in [0.4, 0.5) is 15.3 Å². The van der Waals surface area contributed by atoms with Crippen LogP contribution in [-0.2, 0) is 80.0 Å². The smallest absolute Gasteiger partial charge is 0.408 e. The van der Waals surface area contributed by atoms with E-state index < -0.39 is 118 Å². The zero-order chi connectivity index (χ0) is 84.7. The van der Waals surface area contributed by atoms with Crippen LogP contribution in [0.3, 0.4) is 0 Å². The highest BCUT2D eigenvalue weighted by molar-refractivity contribution is 7.09. The Morgan fingerprint density at radius 1 is 0.717 bits per heavy atom. The number of carbonyl (C=O) groups is 13. The number of primary amides is 1. The van der Waals surface area contributed by atoms with E-state index in [1.54, 1.807) is 63.4 Å². The number of methoxy groups -OCH3 is 2. The lowest BCUT2D eigenvalue weighted by atomic mass is 9.83. The second-order valence-corrected chi connectivity index (χ2v) is 34.8. The lowest BCUT2D eigenvalue weighted by Gasteiger charge is -2.41. The molecule has 9 N–H and O–H groups in total. The number of unbranched alkanes of at least 4 members (excludes halogenated alkanes) is 1. The first-order valence-corrected chi connectivity index (χ1v) is 41.1. The van der Waals surface area contributed by atoms with Gasteiger partial charge in [-0.3, -0.25) is 52.7 Å². The molecular formula is C85H133N11O16S. The van der Waals surface area contributed by atoms with E-state index in [0.717, 1.165) is 17.0 Å². The van der Waals surface area contributed by atoms with Crippen LogP contribution < -0.4 is 43.0 Å². The molecule has 28 heteroatoms. The SMILES string of the molecule is CC[C@H](C)[C@@H]([C@@H](CC(=O)N1CCC[C@H]1[C@H](OC)[C@@H](C)C(=O)C[C@@H](Cc1ccccc1)c1nccs1)OC)N(C)C(=O)[C@@H](CC(=O)C(C)(C)NC(=O)OCc1ccc(NC(=O)[C@H](CCCNC(N)=O)CC(=O)[C@@H](NC(=O)[C@H](CCCCNC(=O)CC[C@@H](NC(C)(C)C)C(=O)C(C)(C)C)CC(=O)CNC(C)=O)C(C)C)cc1)C(C)C. The molecular weight excluding hydrogens is 1460 g/mol. The number of anilines is 1. The van der Waals surface area contributed by atoms with Crippen LogP contribution in [0.15, 0.2) is 66.2 Å². The number of amides is 9. The number of hydrogen-bond acceptors (Lipinski definition) is 19. The van der Waals surface area contributed by atoms with Gasteiger partial charge in [0.1, 0.15) is 12.4 Å². The Balaban J connectivity index is 1.38. The number of hydrogen-bond donors (Lipinski definition) is 8. The van der Waals surface area contributed by atoms with Gasteiger partial charge in [0.05, 0.1) is 59.9 Å². The molecule has 9 amide bonds. The van der Waals surface area contributed by atoms with E-state index in [1.807, 2.05) is 117 Å². The van der Waals surface area contributed by atoms with Crippen molar-refractivity contribution in [1.82, 2.24) is 46.7 Å². The van der Waals surface area contributed by atoms with Crippen LogP contribution >= 0.6 is 11.3 Å². The molecule has 3 aromatic rings. The van der Waals surface area contributed by atoms with E-state index in [0.29, 0.717) is 56.3 Å². The molecule has 0 spiro atoms. The zero-order valence-electron chi connectivity index (χ0n) is 70.6. The lowest BCUT2D eigenvalue weighted by molar-refractivity contribution is -0.149. The first kappa shape index (κ1) is 97.0. The van der Waals surface area contributed by atoms with Crippen molar-refractivity contribution in [2.45, 2.75) is 273 Å². The van der Waals surface area contributed by atoms with E-state index in [2.05, 4.69) is 42.2 Å². The highest BCUT2D eigenvalue weighted by atomic mass is 32.1. The predicted octanol–water partition coefficient (Wildman–Crippen LogP) is 10.5. The number of likely N-dealkylation sites (N-methyl/N-ethyl adjacent to an activating group) is 1. The zero-order valence-corrected chi connectivity index (χ0v) is 71.5. The number of Topliss-reactive ketones (excluding diaryl/α,β-unsaturated/α-hetero) is 5. The summed E-state index contributed by atoms with van der Waals surface area (Å²) in [5.74, 6) is -7.89. The van der Waals surface area contributed by atoms with Gasteiger partial charge in [0.2, 0.25) is 35.4 Å². The molecule has 27 nitrogen and oxygen atoms in total. The second-order valence-electron chi connectivity index (χ2n) is 33.8. The number of aromatic nitrogens is 1. The van der Waals surface area contributed by atoms with Crippen molar-refractivity contribution in [1.29, 1.82) is 0 Å². The van der Waals surface area contributed by atoms with Crippen LogP contribution in [0.25, 0.3) is 0 Å². The molecule has 1 aliphatic rings. The molecule has 1 fully saturated rings. The number of ether oxygens (including phenoxy) is 3. The molecule has 1 saturated heterocycles. The first-order valence-electron chi connectivity index (χ1n) is 40.2. The third kappa shape index (κ3) is 32.8. The largest absolute Gasteiger partial charge is 0.445 e. The Bertz CT molecular complexity index is 3600. The summed E-state index contributed by atoms with van der Waals surface area (Å²) in [6.45, 7) is 29.0. The summed E-state index contributed by atoms with van der Waals surface area (Å²) in [7, 11) is 4.78. The number of ketones is 5. The average Bonchev–Trinajstić information content (AvgIpc) is 1.79. The minimum absolute atomic E-state index is 0.00254. The fraction of sp³-hybridized carbons (Fsp3) is 0.671. The van der Waals surface area contributed by atoms with Crippen LogP contribution in [0, 0.1) is 46.8 Å². The molecule has 0 bridgehead atoms. The number of likely N-dealkylation sites (tertiary alicyclic amines) is 1. The predicted molar refractivity (Wildman–Crippen MR) is 437 cm³/mol. The van der Waals surface area contributed by atoms with Crippen molar-refractivity contribution >= 4 is 93.5 Å². The summed E-state index contributed by atoms with van der Waals surface area (Å²) in [6.07, 6.45) is 3.41. The molecule has 0 aliphatic carbocycles. The highest BCUT2D eigenvalue weighted by Gasteiger charge is 2.45. The van der Waals surface area contributed by atoms with Crippen molar-refractivity contribution in [3.8, 4) is 0 Å². The summed E-state index contributed by atoms with van der Waals surface area (Å²) in [6, 6.07) is 13.0. The Hall–Kier alpha value is -8.34. The van der Waals surface area contributed by atoms with Crippen molar-refractivity contribution in [3.63, 3.8) is 0 Å². The number of benzene rings is 2. The molecule has 1 aliphatic heterocycles. The minimum atomic E-state index is -1.50. The van der Waals surface area contributed by atoms with Crippen molar-refractivity contribution in [2.24, 2.45) is 52.6 Å². The standard InChI is InChI=1S/C85H133N11O16S/c1-20-54(6)74(69(110-18)49-72(103)96-42-27-32-66(96)75(111-19)55(7)67(99)47-61(79-88-41-43-113-79)44-57-28-22-21-23-29-57)95(17)80(107)64(52(2)3)48-70(101)85(15,16)94-82(109)112-51-58-33-35-62(36-34-58)91-77(105)60(31-26-40-89-81(86)108)46-68(100)73(53(4)5)92-78(106)59(45-63(98)50-90-56(8)97)30-24-25-39-87-71(102)38-37-65(93-84(12,13)14)76(104)83(9,10)11/h21-23,28-29,33-36,41,43,52-55,59-61,64-66,69,73-75,93H,20,24-27,30-32,37-40,42,44-51H2,1-19H3,(H,87,102)(H,90,97)(H,91,105)(H,92,106)(H,94,109)(H3,86,89,108)/t54-,55-,59+,60+,61+,64-,65+,66-,69+,73-,74-,75+/m0/s1. The van der Waals surface area contributed by atoms with Crippen molar-refractivity contribution < 1.29 is 76.5 Å². The molecule has 0 radical (unpaired) electrons. The van der Waals surface area contributed by atoms with E-state index in [9.17, 15) is 62.3 Å². The summed E-state index contributed by atoms with van der Waals surface area (Å²) in [4.78, 5) is 185. The molecule has 2 aromatic carbocycles. The Labute approximate surface area is 674 Å². The maximum Gasteiger partial charge on any atom is 0.408 e. The Morgan fingerprint density at radius 2 is 1.36 bits per heavy atom. The molecule has 0 saturated carbocycles. The fourth-order valence-corrected chi connectivity index (χ4v) is 15.3. The van der Waals surface area contributed by atoms with Crippen molar-refractivity contribution in [2.75, 3.05) is 52.8 Å². The lowest BCUT2D eigenvalue weighted by Crippen LogP contribution is -2.55. The highest BCUT2D eigenvalue weighted by Crippen LogP contribution is 2.35. The number of alkyl carbamates (subject to hydrolysis) is 1. The number of rotatable bonds is 50. The van der Waals surface area contributed by atoms with Gasteiger partial charge in [0.25, 0.3) is 0 Å². The first-order chi connectivity index (χ1) is 53.0. The molecule has 12 atom stereocenters. The number of carbonyl (C=O) groups excluding carboxylic acids is 13. The van der Waals surface area contributed by atoms with Crippen molar-refractivity contribution in [3.05, 3.63) is 82.3 Å². The molecule has 4 rings (SSSR count). The van der Waals surface area contributed by atoms with Gasteiger partial charge in [-0.25, -0.2) is 14.6 Å². The summed E-state index contributed by atoms with van der Waals surface area (Å²) in [5.41, 5.74) is 4.79. The van der Waals surface area contributed by atoms with Gasteiger partial charge in [-0.1, -0.05) is 125 Å². The molecule has 0 unspecified atom stereocenters. The monoisotopic (exact) mass is 1600 g/mol. The van der Waals surface area contributed by atoms with Crippen LogP contribution in [0.1, 0.15) is 229 Å². The topological polar surface area (TPSA) is 379 Å². The van der Waals surface area contributed by atoms with E-state index in [4.69, 9.17) is 19.9 Å². The van der Waals surface area contributed by atoms with E-state index >= 15 is 0 Å². The molecule has 113 heavy (non-hydrogen) atoms. The summed E-state index contributed by atoms with van der Waals surface area (Å²) < 4.78 is 17.9. The number of thiazole rings is 1. The van der Waals surface area contributed by atoms with Gasteiger partial charge >= 0.3 is 12.1 Å². The maximum absolute atomic E-state index is 14.9. The summed E-state index contributed by atoms with van der Waals surface area (Å²) >= 11 is 1.53. The number of nitrogens with zero attached hydrogens (tertiary/aromatic N) is 3. The third-order valence-corrected chi connectivity index (χ3v) is 22.3. The fourth-order valence-electron chi connectivity index (χ4n) is 14.6. The second kappa shape index (κ2) is 46.9. The number of nitrogens with one attached hydrogen (secondary N) is 7. The third-order valence-electron chi connectivity index (χ3n) is 21.3. The van der Waals surface area contributed by atoms with Crippen LogP contribution in [0.5, 0.6) is 0 Å². The molecule has 1 aromatic heterocycles. The Kier molecular flexibility index (Phi) is 40.3. The minimum Gasteiger partial charge on any atom is -0.445 e. The number of urea groups is 1. The van der Waals surface area contributed by atoms with Crippen LogP contribution in [-0.4, -0.2) is 186 Å². The number of nitrogens with two attached hydrogens (primary N) is 1. The van der Waals surface area contributed by atoms with Gasteiger partial charge in [-0.15, -0.1) is 11.3 Å². The molecule has 630 valence electrons. The van der Waals surface area contributed by atoms with E-state index in [1.165, 1.54) is 39.2 Å². The van der Waals surface area contributed by atoms with Gasteiger partial charge < -0.3 is 67.0 Å². The summed E-state index contributed by atoms with van der Waals surface area (Å²) in [5, 5.41) is 22.4. The Morgan fingerprint density at radius 3 is 1.94 bits per heavy atom. The quantitative estimate of drug-likeness (QED) is 0.0243. The van der Waals surface area contributed by atoms with Crippen LogP contribution in [0.2, 0.25) is 0 Å². The van der Waals surface area contributed by atoms with Gasteiger partial charge in [-0.2, -0.15) is 0 Å². The maximum atomic E-state index is 14.9. The normalized spacial score (nSPS) is 16.2. The molecule has 2 heterocycles.